The molecule has 6 nitrogen and oxygen atoms in total. The van der Waals surface area contributed by atoms with Gasteiger partial charge in [0.1, 0.15) is 17.6 Å². The number of aliphatic imine (C=N–C) groups is 1. The largest absolute Gasteiger partial charge is 0.497 e. The molecule has 0 aliphatic heterocycles. The van der Waals surface area contributed by atoms with Gasteiger partial charge in [0.15, 0.2) is 5.78 Å². The Morgan fingerprint density at radius 1 is 1.21 bits per heavy atom. The molecule has 1 unspecified atom stereocenters. The topological polar surface area (TPSA) is 78.5 Å². The highest BCUT2D eigenvalue weighted by atomic mass is 16.5. The van der Waals surface area contributed by atoms with E-state index in [1.54, 1.807) is 26.6 Å². The van der Waals surface area contributed by atoms with Crippen LogP contribution in [0.5, 0.6) is 5.75 Å². The second kappa shape index (κ2) is 8.90. The number of carbonyl (C=O) groups is 1. The van der Waals surface area contributed by atoms with Gasteiger partial charge in [0.05, 0.1) is 7.11 Å². The summed E-state index contributed by atoms with van der Waals surface area (Å²) in [6.45, 7) is 1.90. The fraction of sp³-hybridized carbons (Fsp3) is 0.182. The summed E-state index contributed by atoms with van der Waals surface area (Å²) in [5.41, 5.74) is 2.29. The van der Waals surface area contributed by atoms with Crippen LogP contribution in [0.4, 0.5) is 5.69 Å². The quantitative estimate of drug-likeness (QED) is 0.331. The summed E-state index contributed by atoms with van der Waals surface area (Å²) in [5, 5.41) is 7.28. The number of para-hydroxylation sites is 1. The molecular weight excluding hydrogens is 352 g/mol. The maximum Gasteiger partial charge on any atom is 0.194 e. The number of fused-ring (bicyclic) bond motifs is 1. The predicted molar refractivity (Wildman–Crippen MR) is 114 cm³/mol. The number of allylic oxidation sites excluding steroid dienone is 1. The SMILES string of the molecule is CC=CNC(=NC)C(Nc1cccc(OC)c1)C(=O)c1c[nH]c2ccccc12. The maximum absolute atomic E-state index is 13.5. The number of rotatable bonds is 7. The number of Topliss-reactive ketones (excluding diaryl/α,β-unsaturated/α-hetero) is 1. The Hall–Kier alpha value is -3.54. The molecule has 28 heavy (non-hydrogen) atoms. The fourth-order valence-corrected chi connectivity index (χ4v) is 3.01. The van der Waals surface area contributed by atoms with Gasteiger partial charge < -0.3 is 20.4 Å². The van der Waals surface area contributed by atoms with Crippen LogP contribution in [0.3, 0.4) is 0 Å². The molecule has 3 N–H and O–H groups in total. The zero-order valence-corrected chi connectivity index (χ0v) is 16.2. The molecule has 0 amide bonds. The van der Waals surface area contributed by atoms with E-state index in [4.69, 9.17) is 4.74 Å². The second-order valence-electron chi connectivity index (χ2n) is 6.17. The molecule has 0 aliphatic rings. The van der Waals surface area contributed by atoms with E-state index >= 15 is 0 Å². The van der Waals surface area contributed by atoms with Crippen molar-refractivity contribution >= 4 is 28.2 Å². The lowest BCUT2D eigenvalue weighted by Crippen LogP contribution is -2.43. The minimum Gasteiger partial charge on any atom is -0.497 e. The average Bonchev–Trinajstić information content (AvgIpc) is 3.17. The number of hydrogen-bond donors (Lipinski definition) is 3. The smallest absolute Gasteiger partial charge is 0.194 e. The van der Waals surface area contributed by atoms with Crippen LogP contribution < -0.4 is 15.4 Å². The number of aromatic nitrogens is 1. The minimum atomic E-state index is -0.687. The number of ketones is 1. The van der Waals surface area contributed by atoms with Crippen LogP contribution in [0.2, 0.25) is 0 Å². The van der Waals surface area contributed by atoms with E-state index < -0.39 is 6.04 Å². The number of hydrogen-bond acceptors (Lipinski definition) is 4. The van der Waals surface area contributed by atoms with Crippen molar-refractivity contribution in [3.05, 3.63) is 72.6 Å². The van der Waals surface area contributed by atoms with Gasteiger partial charge in [0, 0.05) is 41.5 Å². The van der Waals surface area contributed by atoms with Gasteiger partial charge in [0.2, 0.25) is 0 Å². The van der Waals surface area contributed by atoms with E-state index in [-0.39, 0.29) is 5.78 Å². The molecule has 3 aromatic rings. The Balaban J connectivity index is 2.00. The Bertz CT molecular complexity index is 1020. The molecule has 0 aliphatic carbocycles. The van der Waals surface area contributed by atoms with E-state index in [1.165, 1.54) is 0 Å². The monoisotopic (exact) mass is 376 g/mol. The standard InChI is InChI=1S/C22H24N4O2/c1-4-12-24-22(23-2)20(26-15-8-7-9-16(13-15)28-3)21(27)18-14-25-19-11-6-5-10-17(18)19/h4-14,20,25-26H,1-3H3,(H,23,24). The second-order valence-corrected chi connectivity index (χ2v) is 6.17. The van der Waals surface area contributed by atoms with Crippen molar-refractivity contribution < 1.29 is 9.53 Å². The third kappa shape index (κ3) is 4.06. The molecular formula is C22H24N4O2. The van der Waals surface area contributed by atoms with E-state index in [0.29, 0.717) is 17.1 Å². The maximum atomic E-state index is 13.5. The number of ether oxygens (including phenoxy) is 1. The number of anilines is 1. The molecule has 0 spiro atoms. The number of nitrogens with zero attached hydrogens (tertiary/aromatic N) is 1. The van der Waals surface area contributed by atoms with Crippen molar-refractivity contribution in [2.45, 2.75) is 13.0 Å². The molecule has 0 radical (unpaired) electrons. The van der Waals surface area contributed by atoms with Gasteiger partial charge in [-0.15, -0.1) is 0 Å². The zero-order chi connectivity index (χ0) is 19.9. The summed E-state index contributed by atoms with van der Waals surface area (Å²) >= 11 is 0. The van der Waals surface area contributed by atoms with Crippen molar-refractivity contribution in [1.82, 2.24) is 10.3 Å². The summed E-state index contributed by atoms with van der Waals surface area (Å²) in [6.07, 6.45) is 5.35. The summed E-state index contributed by atoms with van der Waals surface area (Å²) in [5.74, 6) is 1.15. The highest BCUT2D eigenvalue weighted by Crippen LogP contribution is 2.22. The third-order valence-electron chi connectivity index (χ3n) is 4.41. The Labute approximate surface area is 164 Å². The van der Waals surface area contributed by atoms with Crippen molar-refractivity contribution in [3.8, 4) is 5.75 Å². The number of nitrogens with one attached hydrogen (secondary N) is 3. The number of benzene rings is 2. The summed E-state index contributed by atoms with van der Waals surface area (Å²) in [7, 11) is 3.27. The Kier molecular flexibility index (Phi) is 6.11. The first kappa shape index (κ1) is 19.2. The molecule has 1 atom stereocenters. The summed E-state index contributed by atoms with van der Waals surface area (Å²) in [6, 6.07) is 14.5. The van der Waals surface area contributed by atoms with Crippen molar-refractivity contribution in [2.24, 2.45) is 4.99 Å². The highest BCUT2D eigenvalue weighted by Gasteiger charge is 2.27. The first-order chi connectivity index (χ1) is 13.7. The Morgan fingerprint density at radius 2 is 2.04 bits per heavy atom. The molecule has 0 saturated carbocycles. The van der Waals surface area contributed by atoms with E-state index in [2.05, 4.69) is 20.6 Å². The van der Waals surface area contributed by atoms with Gasteiger partial charge in [-0.3, -0.25) is 9.79 Å². The van der Waals surface area contributed by atoms with Crippen LogP contribution in [-0.2, 0) is 0 Å². The van der Waals surface area contributed by atoms with Gasteiger partial charge in [0.25, 0.3) is 0 Å². The van der Waals surface area contributed by atoms with Crippen LogP contribution >= 0.6 is 0 Å². The first-order valence-corrected chi connectivity index (χ1v) is 9.03. The third-order valence-corrected chi connectivity index (χ3v) is 4.41. The van der Waals surface area contributed by atoms with Crippen LogP contribution in [-0.4, -0.2) is 36.8 Å². The number of H-pyrrole nitrogens is 1. The van der Waals surface area contributed by atoms with Crippen molar-refractivity contribution in [2.75, 3.05) is 19.5 Å². The van der Waals surface area contributed by atoms with Crippen LogP contribution in [0.15, 0.2) is 72.0 Å². The van der Waals surface area contributed by atoms with E-state index in [0.717, 1.165) is 16.6 Å². The lowest BCUT2D eigenvalue weighted by atomic mass is 10.0. The van der Waals surface area contributed by atoms with Gasteiger partial charge in [-0.1, -0.05) is 30.3 Å². The molecule has 1 heterocycles. The molecule has 1 aromatic heterocycles. The van der Waals surface area contributed by atoms with Gasteiger partial charge in [-0.05, 0) is 31.3 Å². The number of methoxy groups -OCH3 is 1. The zero-order valence-electron chi connectivity index (χ0n) is 16.2. The van der Waals surface area contributed by atoms with Gasteiger partial charge in [-0.25, -0.2) is 0 Å². The first-order valence-electron chi connectivity index (χ1n) is 9.03. The molecule has 0 bridgehead atoms. The molecule has 0 fully saturated rings. The number of aromatic amines is 1. The lowest BCUT2D eigenvalue weighted by molar-refractivity contribution is 0.0991. The van der Waals surface area contributed by atoms with Crippen LogP contribution in [0, 0.1) is 0 Å². The van der Waals surface area contributed by atoms with Crippen LogP contribution in [0.1, 0.15) is 17.3 Å². The van der Waals surface area contributed by atoms with Crippen molar-refractivity contribution in [3.63, 3.8) is 0 Å². The fourth-order valence-electron chi connectivity index (χ4n) is 3.01. The predicted octanol–water partition coefficient (Wildman–Crippen LogP) is 3.99. The molecule has 2 aromatic carbocycles. The van der Waals surface area contributed by atoms with Gasteiger partial charge >= 0.3 is 0 Å². The Morgan fingerprint density at radius 3 is 2.79 bits per heavy atom. The van der Waals surface area contributed by atoms with E-state index in [1.807, 2.05) is 61.5 Å². The van der Waals surface area contributed by atoms with E-state index in [9.17, 15) is 4.79 Å². The number of amidine groups is 1. The van der Waals surface area contributed by atoms with Gasteiger partial charge in [-0.2, -0.15) is 0 Å². The van der Waals surface area contributed by atoms with Crippen molar-refractivity contribution in [1.29, 1.82) is 0 Å². The molecule has 144 valence electrons. The summed E-state index contributed by atoms with van der Waals surface area (Å²) < 4.78 is 5.29. The number of carbonyl (C=O) groups excluding carboxylic acids is 1. The lowest BCUT2D eigenvalue weighted by Gasteiger charge is -2.21. The molecule has 0 saturated heterocycles. The molecule has 6 heteroatoms. The minimum absolute atomic E-state index is 0.0853. The summed E-state index contributed by atoms with van der Waals surface area (Å²) in [4.78, 5) is 21.0. The molecule has 3 rings (SSSR count). The average molecular weight is 376 g/mol. The normalized spacial score (nSPS) is 12.9. The van der Waals surface area contributed by atoms with Crippen LogP contribution in [0.25, 0.3) is 10.9 Å². The highest BCUT2D eigenvalue weighted by molar-refractivity contribution is 6.21.